The predicted octanol–water partition coefficient (Wildman–Crippen LogP) is 3.12. The predicted molar refractivity (Wildman–Crippen MR) is 79.1 cm³/mol. The first-order chi connectivity index (χ1) is 9.36. The Morgan fingerprint density at radius 1 is 0.895 bits per heavy atom. The van der Waals surface area contributed by atoms with Crippen LogP contribution >= 0.6 is 0 Å². The first-order valence-corrected chi connectivity index (χ1v) is 6.98. The molecule has 1 fully saturated rings. The monoisotopic (exact) mass is 250 g/mol. The van der Waals surface area contributed by atoms with Crippen molar-refractivity contribution in [2.24, 2.45) is 5.92 Å². The van der Waals surface area contributed by atoms with Crippen molar-refractivity contribution in [1.82, 2.24) is 5.32 Å². The summed E-state index contributed by atoms with van der Waals surface area (Å²) >= 11 is 0. The fourth-order valence-electron chi connectivity index (χ4n) is 3.46. The van der Waals surface area contributed by atoms with Gasteiger partial charge in [-0.05, 0) is 29.2 Å². The summed E-state index contributed by atoms with van der Waals surface area (Å²) < 4.78 is 0. The molecule has 96 valence electrons. The number of benzene rings is 2. The maximum Gasteiger partial charge on any atom is 0.0447 e. The summed E-state index contributed by atoms with van der Waals surface area (Å²) in [6.45, 7) is 2.27. The van der Waals surface area contributed by atoms with Crippen LogP contribution in [0, 0.1) is 5.92 Å². The van der Waals surface area contributed by atoms with Gasteiger partial charge in [0.15, 0.2) is 0 Å². The van der Waals surface area contributed by atoms with E-state index in [9.17, 15) is 0 Å². The van der Waals surface area contributed by atoms with E-state index >= 15 is 0 Å². The molecule has 0 unspecified atom stereocenters. The van der Waals surface area contributed by atoms with E-state index in [1.54, 1.807) is 0 Å². The van der Waals surface area contributed by atoms with Crippen molar-refractivity contribution in [3.8, 4) is 0 Å². The standard InChI is InChI=1S/C17H18N2/c1-19-15-8-4-2-6-13(15)17(12-10-18-11-12)14-7-3-5-9-16(14)19/h2-9,12,17-18H,10-11H2,1H3. The third-order valence-corrected chi connectivity index (χ3v) is 4.55. The van der Waals surface area contributed by atoms with E-state index in [1.165, 1.54) is 22.5 Å². The summed E-state index contributed by atoms with van der Waals surface area (Å²) in [5.74, 6) is 1.28. The number of rotatable bonds is 1. The summed E-state index contributed by atoms with van der Waals surface area (Å²) in [5.41, 5.74) is 5.68. The minimum atomic E-state index is 0.546. The Kier molecular flexibility index (Phi) is 2.39. The van der Waals surface area contributed by atoms with Crippen LogP contribution in [-0.2, 0) is 0 Å². The third-order valence-electron chi connectivity index (χ3n) is 4.55. The van der Waals surface area contributed by atoms with Gasteiger partial charge in [0.2, 0.25) is 0 Å². The van der Waals surface area contributed by atoms with Crippen LogP contribution in [0.4, 0.5) is 11.4 Å². The topological polar surface area (TPSA) is 15.3 Å². The van der Waals surface area contributed by atoms with Crippen LogP contribution in [0.25, 0.3) is 0 Å². The number of para-hydroxylation sites is 2. The molecule has 0 aliphatic carbocycles. The summed E-state index contributed by atoms with van der Waals surface area (Å²) in [5, 5.41) is 3.42. The fourth-order valence-corrected chi connectivity index (χ4v) is 3.46. The first kappa shape index (κ1) is 11.1. The molecule has 0 aromatic heterocycles. The smallest absolute Gasteiger partial charge is 0.0447 e. The number of nitrogens with one attached hydrogen (secondary N) is 1. The third kappa shape index (κ3) is 1.53. The van der Waals surface area contributed by atoms with E-state index in [2.05, 4.69) is 65.8 Å². The largest absolute Gasteiger partial charge is 0.344 e. The molecule has 1 N–H and O–H groups in total. The molecular weight excluding hydrogens is 232 g/mol. The Morgan fingerprint density at radius 2 is 1.42 bits per heavy atom. The van der Waals surface area contributed by atoms with E-state index < -0.39 is 0 Å². The average molecular weight is 250 g/mol. The zero-order valence-electron chi connectivity index (χ0n) is 11.1. The summed E-state index contributed by atoms with van der Waals surface area (Å²) in [6.07, 6.45) is 0. The SMILES string of the molecule is CN1c2ccccc2C(C2CNC2)c2ccccc21. The Bertz CT molecular complexity index is 569. The minimum Gasteiger partial charge on any atom is -0.344 e. The molecule has 0 atom stereocenters. The normalized spacial score (nSPS) is 18.7. The van der Waals surface area contributed by atoms with Crippen LogP contribution < -0.4 is 10.2 Å². The van der Waals surface area contributed by atoms with E-state index in [4.69, 9.17) is 0 Å². The Balaban J connectivity index is 1.93. The summed E-state index contributed by atoms with van der Waals surface area (Å²) in [7, 11) is 2.17. The number of nitrogens with zero attached hydrogens (tertiary/aromatic N) is 1. The highest BCUT2D eigenvalue weighted by Gasteiger charge is 2.36. The molecule has 2 aromatic carbocycles. The lowest BCUT2D eigenvalue weighted by atomic mass is 9.74. The van der Waals surface area contributed by atoms with Crippen LogP contribution in [0.15, 0.2) is 48.5 Å². The number of hydrogen-bond donors (Lipinski definition) is 1. The van der Waals surface area contributed by atoms with Crippen molar-refractivity contribution in [2.75, 3.05) is 25.0 Å². The van der Waals surface area contributed by atoms with Gasteiger partial charge in [-0.15, -0.1) is 0 Å². The number of fused-ring (bicyclic) bond motifs is 2. The van der Waals surface area contributed by atoms with Crippen molar-refractivity contribution in [1.29, 1.82) is 0 Å². The van der Waals surface area contributed by atoms with Crippen LogP contribution in [0.2, 0.25) is 0 Å². The van der Waals surface area contributed by atoms with E-state index in [1.807, 2.05) is 0 Å². The number of hydrogen-bond acceptors (Lipinski definition) is 2. The molecule has 0 bridgehead atoms. The summed E-state index contributed by atoms with van der Waals surface area (Å²) in [6, 6.07) is 17.7. The second kappa shape index (κ2) is 4.10. The van der Waals surface area contributed by atoms with Gasteiger partial charge < -0.3 is 10.2 Å². The quantitative estimate of drug-likeness (QED) is 0.836. The molecule has 2 aliphatic rings. The second-order valence-electron chi connectivity index (χ2n) is 5.57. The zero-order valence-corrected chi connectivity index (χ0v) is 11.1. The Hall–Kier alpha value is -1.80. The highest BCUT2D eigenvalue weighted by atomic mass is 15.1. The van der Waals surface area contributed by atoms with Crippen LogP contribution in [0.5, 0.6) is 0 Å². The molecule has 2 nitrogen and oxygen atoms in total. The molecule has 2 aliphatic heterocycles. The fraction of sp³-hybridized carbons (Fsp3) is 0.294. The Labute approximate surface area is 114 Å². The molecule has 0 radical (unpaired) electrons. The van der Waals surface area contributed by atoms with Crippen LogP contribution in [-0.4, -0.2) is 20.1 Å². The highest BCUT2D eigenvalue weighted by molar-refractivity contribution is 5.75. The molecule has 0 saturated carbocycles. The maximum atomic E-state index is 3.42. The maximum absolute atomic E-state index is 3.42. The van der Waals surface area contributed by atoms with E-state index in [0.29, 0.717) is 5.92 Å². The first-order valence-electron chi connectivity index (χ1n) is 6.98. The summed E-state index contributed by atoms with van der Waals surface area (Å²) in [4.78, 5) is 2.33. The van der Waals surface area contributed by atoms with Crippen molar-refractivity contribution in [3.05, 3.63) is 59.7 Å². The van der Waals surface area contributed by atoms with Gasteiger partial charge >= 0.3 is 0 Å². The van der Waals surface area contributed by atoms with Gasteiger partial charge in [0.1, 0.15) is 0 Å². The lowest BCUT2D eigenvalue weighted by molar-refractivity contribution is 0.314. The molecule has 2 heterocycles. The molecule has 0 amide bonds. The van der Waals surface area contributed by atoms with Gasteiger partial charge in [0.05, 0.1) is 0 Å². The molecule has 1 saturated heterocycles. The minimum absolute atomic E-state index is 0.546. The van der Waals surface area contributed by atoms with Gasteiger partial charge in [-0.2, -0.15) is 0 Å². The zero-order chi connectivity index (χ0) is 12.8. The van der Waals surface area contributed by atoms with Crippen molar-refractivity contribution >= 4 is 11.4 Å². The molecule has 19 heavy (non-hydrogen) atoms. The lowest BCUT2D eigenvalue weighted by Gasteiger charge is -2.42. The van der Waals surface area contributed by atoms with Gasteiger partial charge in [-0.25, -0.2) is 0 Å². The van der Waals surface area contributed by atoms with Crippen LogP contribution in [0.1, 0.15) is 17.0 Å². The molecule has 4 rings (SSSR count). The van der Waals surface area contributed by atoms with Gasteiger partial charge in [0, 0.05) is 37.4 Å². The van der Waals surface area contributed by atoms with Gasteiger partial charge in [0.25, 0.3) is 0 Å². The van der Waals surface area contributed by atoms with Gasteiger partial charge in [-0.1, -0.05) is 36.4 Å². The van der Waals surface area contributed by atoms with Crippen LogP contribution in [0.3, 0.4) is 0 Å². The van der Waals surface area contributed by atoms with Gasteiger partial charge in [-0.3, -0.25) is 0 Å². The lowest BCUT2D eigenvalue weighted by Crippen LogP contribution is -2.46. The number of anilines is 2. The highest BCUT2D eigenvalue weighted by Crippen LogP contribution is 2.48. The Morgan fingerprint density at radius 3 is 1.89 bits per heavy atom. The van der Waals surface area contributed by atoms with E-state index in [-0.39, 0.29) is 0 Å². The van der Waals surface area contributed by atoms with Crippen molar-refractivity contribution in [2.45, 2.75) is 5.92 Å². The van der Waals surface area contributed by atoms with Crippen molar-refractivity contribution in [3.63, 3.8) is 0 Å². The molecule has 2 aromatic rings. The molecule has 2 heteroatoms. The molecule has 0 spiro atoms. The second-order valence-corrected chi connectivity index (χ2v) is 5.57. The molecular formula is C17H18N2. The van der Waals surface area contributed by atoms with Crippen molar-refractivity contribution < 1.29 is 0 Å². The van der Waals surface area contributed by atoms with E-state index in [0.717, 1.165) is 19.0 Å². The average Bonchev–Trinajstić information content (AvgIpc) is 2.41.